The molecule has 1 aromatic carbocycles. The highest BCUT2D eigenvalue weighted by molar-refractivity contribution is 8.01. The third-order valence-electron chi connectivity index (χ3n) is 5.12. The first kappa shape index (κ1) is 25.0. The number of aliphatic hydroxyl groups excluding tert-OH is 1. The van der Waals surface area contributed by atoms with Gasteiger partial charge in [0, 0.05) is 16.5 Å². The van der Waals surface area contributed by atoms with Gasteiger partial charge in [-0.3, -0.25) is 19.3 Å². The van der Waals surface area contributed by atoms with Crippen molar-refractivity contribution in [2.75, 3.05) is 11.5 Å². The molecular formula is C19H17ClN6O7S2. The molecule has 0 aliphatic carbocycles. The van der Waals surface area contributed by atoms with E-state index in [4.69, 9.17) is 16.7 Å². The van der Waals surface area contributed by atoms with Crippen LogP contribution in [-0.2, 0) is 25.7 Å². The third-order valence-corrected chi connectivity index (χ3v) is 7.74. The second-order valence-corrected chi connectivity index (χ2v) is 9.90. The minimum Gasteiger partial charge on any atom is -0.480 e. The van der Waals surface area contributed by atoms with Gasteiger partial charge < -0.3 is 20.6 Å². The van der Waals surface area contributed by atoms with Gasteiger partial charge >= 0.3 is 11.9 Å². The van der Waals surface area contributed by atoms with E-state index in [2.05, 4.69) is 20.8 Å². The second kappa shape index (κ2) is 10.2. The molecule has 35 heavy (non-hydrogen) atoms. The summed E-state index contributed by atoms with van der Waals surface area (Å²) in [7, 11) is 0. The molecule has 4 rings (SSSR count). The quantitative estimate of drug-likeness (QED) is 0.246. The molecule has 1 saturated heterocycles. The van der Waals surface area contributed by atoms with Gasteiger partial charge in [-0.2, -0.15) is 0 Å². The summed E-state index contributed by atoms with van der Waals surface area (Å²) in [5.41, 5.74) is 0.473. The molecule has 2 aliphatic heterocycles. The zero-order valence-electron chi connectivity index (χ0n) is 17.6. The number of carboxylic acids is 2. The van der Waals surface area contributed by atoms with Gasteiger partial charge in [-0.05, 0) is 33.7 Å². The van der Waals surface area contributed by atoms with E-state index in [9.17, 15) is 29.4 Å². The van der Waals surface area contributed by atoms with Crippen molar-refractivity contribution in [2.45, 2.75) is 29.2 Å². The molecule has 0 spiro atoms. The van der Waals surface area contributed by atoms with Gasteiger partial charge in [-0.25, -0.2) is 9.48 Å². The van der Waals surface area contributed by atoms with Gasteiger partial charge in [0.25, 0.3) is 11.8 Å². The first-order valence-electron chi connectivity index (χ1n) is 9.92. The topological polar surface area (TPSA) is 188 Å². The van der Waals surface area contributed by atoms with E-state index < -0.39 is 47.8 Å². The van der Waals surface area contributed by atoms with Crippen molar-refractivity contribution >= 4 is 58.9 Å². The number of carbonyl (C=O) groups is 4. The number of tetrazole rings is 1. The third kappa shape index (κ3) is 5.12. The zero-order chi connectivity index (χ0) is 25.3. The van der Waals surface area contributed by atoms with E-state index in [-0.39, 0.29) is 27.9 Å². The Bertz CT molecular complexity index is 1240. The summed E-state index contributed by atoms with van der Waals surface area (Å²) in [6, 6.07) is 5.10. The SMILES string of the molecule is O=C(O)Cn1nnnc1SCC1=C(C(=O)O)N2C(=O)C(NC(=O)[C@H](O)c3cccc(Cl)c3)[C@H]2SC1. The molecule has 4 N–H and O–H groups in total. The molecular weight excluding hydrogens is 524 g/mol. The van der Waals surface area contributed by atoms with Crippen LogP contribution < -0.4 is 5.32 Å². The van der Waals surface area contributed by atoms with Crippen LogP contribution in [0.5, 0.6) is 0 Å². The molecule has 2 amide bonds. The highest BCUT2D eigenvalue weighted by Crippen LogP contribution is 2.41. The molecule has 0 bridgehead atoms. The van der Waals surface area contributed by atoms with Crippen LogP contribution in [-0.4, -0.2) is 87.1 Å². The van der Waals surface area contributed by atoms with Gasteiger partial charge in [0.05, 0.1) is 0 Å². The summed E-state index contributed by atoms with van der Waals surface area (Å²) >= 11 is 8.20. The van der Waals surface area contributed by atoms with Crippen LogP contribution >= 0.6 is 35.1 Å². The molecule has 0 radical (unpaired) electrons. The first-order chi connectivity index (χ1) is 16.7. The Hall–Kier alpha value is -3.14. The summed E-state index contributed by atoms with van der Waals surface area (Å²) in [6.45, 7) is -0.454. The molecule has 0 saturated carbocycles. The summed E-state index contributed by atoms with van der Waals surface area (Å²) in [5, 5.41) is 42.1. The molecule has 1 aromatic heterocycles. The largest absolute Gasteiger partial charge is 0.480 e. The summed E-state index contributed by atoms with van der Waals surface area (Å²) in [6.07, 6.45) is -1.55. The van der Waals surface area contributed by atoms with E-state index >= 15 is 0 Å². The van der Waals surface area contributed by atoms with Gasteiger partial charge in [0.1, 0.15) is 23.7 Å². The van der Waals surface area contributed by atoms with Crippen LogP contribution in [0.2, 0.25) is 5.02 Å². The fraction of sp³-hybridized carbons (Fsp3) is 0.316. The van der Waals surface area contributed by atoms with Crippen LogP contribution in [0.3, 0.4) is 0 Å². The number of benzene rings is 1. The minimum atomic E-state index is -1.55. The van der Waals surface area contributed by atoms with E-state index in [0.29, 0.717) is 10.6 Å². The molecule has 1 unspecified atom stereocenters. The fourth-order valence-electron chi connectivity index (χ4n) is 3.53. The average molecular weight is 541 g/mol. The molecule has 2 aliphatic rings. The number of carbonyl (C=O) groups excluding carboxylic acids is 2. The standard InChI is InChI=1S/C19H17ClN6O7S2/c20-10-3-1-2-8(4-10)14(29)15(30)21-12-16(31)26-13(18(32)33)9(6-34-17(12)26)7-35-19-22-23-24-25(19)5-11(27)28/h1-4,12,14,17,29H,5-7H2,(H,21,30)(H,27,28)(H,32,33)/t12?,14-,17-/m1/s1. The van der Waals surface area contributed by atoms with Crippen molar-refractivity contribution in [1.29, 1.82) is 0 Å². The van der Waals surface area contributed by atoms with Gasteiger partial charge in [0.2, 0.25) is 5.16 Å². The number of aliphatic carboxylic acids is 2. The van der Waals surface area contributed by atoms with E-state index in [1.54, 1.807) is 12.1 Å². The highest BCUT2D eigenvalue weighted by Gasteiger charge is 2.54. The number of thioether (sulfide) groups is 2. The lowest BCUT2D eigenvalue weighted by Crippen LogP contribution is -2.70. The normalized spacial score (nSPS) is 20.2. The zero-order valence-corrected chi connectivity index (χ0v) is 20.0. The molecule has 16 heteroatoms. The summed E-state index contributed by atoms with van der Waals surface area (Å²) < 4.78 is 1.07. The average Bonchev–Trinajstić information content (AvgIpc) is 3.25. The summed E-state index contributed by atoms with van der Waals surface area (Å²) in [4.78, 5) is 49.3. The van der Waals surface area contributed by atoms with Crippen LogP contribution in [0.25, 0.3) is 0 Å². The lowest BCUT2D eigenvalue weighted by Gasteiger charge is -2.49. The number of β-lactam (4-membered cyclic amide) rings is 1. The number of aliphatic hydroxyl groups is 1. The minimum absolute atomic E-state index is 0.107. The maximum Gasteiger partial charge on any atom is 0.352 e. The lowest BCUT2D eigenvalue weighted by atomic mass is 10.0. The second-order valence-electron chi connectivity index (χ2n) is 7.41. The molecule has 1 fully saturated rings. The van der Waals surface area contributed by atoms with Crippen molar-refractivity contribution in [3.8, 4) is 0 Å². The summed E-state index contributed by atoms with van der Waals surface area (Å²) in [5.74, 6) is -3.53. The number of fused-ring (bicyclic) bond motifs is 1. The number of hydrogen-bond donors (Lipinski definition) is 4. The van der Waals surface area contributed by atoms with Crippen LogP contribution in [0.15, 0.2) is 40.7 Å². The van der Waals surface area contributed by atoms with Gasteiger partial charge in [0.15, 0.2) is 6.10 Å². The number of carboxylic acid groups (broad SMARTS) is 2. The van der Waals surface area contributed by atoms with Crippen molar-refractivity contribution in [2.24, 2.45) is 0 Å². The van der Waals surface area contributed by atoms with Crippen LogP contribution in [0.1, 0.15) is 11.7 Å². The Balaban J connectivity index is 1.45. The van der Waals surface area contributed by atoms with Crippen molar-refractivity contribution in [1.82, 2.24) is 30.4 Å². The number of nitrogens with one attached hydrogen (secondary N) is 1. The van der Waals surface area contributed by atoms with Crippen molar-refractivity contribution in [3.63, 3.8) is 0 Å². The van der Waals surface area contributed by atoms with E-state index in [1.165, 1.54) is 23.9 Å². The first-order valence-corrected chi connectivity index (χ1v) is 12.3. The smallest absolute Gasteiger partial charge is 0.352 e. The molecule has 3 heterocycles. The number of nitrogens with zero attached hydrogens (tertiary/aromatic N) is 5. The molecule has 13 nitrogen and oxygen atoms in total. The Morgan fingerprint density at radius 2 is 2.09 bits per heavy atom. The van der Waals surface area contributed by atoms with Crippen LogP contribution in [0, 0.1) is 0 Å². The Morgan fingerprint density at radius 3 is 2.77 bits per heavy atom. The van der Waals surface area contributed by atoms with Gasteiger partial charge in [-0.15, -0.1) is 16.9 Å². The Kier molecular flexibility index (Phi) is 7.30. The van der Waals surface area contributed by atoms with Crippen molar-refractivity contribution in [3.05, 3.63) is 46.1 Å². The lowest BCUT2D eigenvalue weighted by molar-refractivity contribution is -0.151. The Morgan fingerprint density at radius 1 is 1.31 bits per heavy atom. The maximum atomic E-state index is 12.8. The van der Waals surface area contributed by atoms with Crippen molar-refractivity contribution < 1.29 is 34.5 Å². The number of amides is 2. The number of rotatable bonds is 9. The van der Waals surface area contributed by atoms with E-state index in [1.807, 2.05) is 0 Å². The number of halogens is 1. The maximum absolute atomic E-state index is 12.8. The Labute approximate surface area is 210 Å². The molecule has 184 valence electrons. The molecule has 2 aromatic rings. The fourth-order valence-corrected chi connectivity index (χ4v) is 6.09. The van der Waals surface area contributed by atoms with E-state index in [0.717, 1.165) is 21.3 Å². The highest BCUT2D eigenvalue weighted by atomic mass is 35.5. The van der Waals surface area contributed by atoms with Crippen LogP contribution in [0.4, 0.5) is 0 Å². The predicted molar refractivity (Wildman–Crippen MR) is 122 cm³/mol. The monoisotopic (exact) mass is 540 g/mol. The van der Waals surface area contributed by atoms with Gasteiger partial charge in [-0.1, -0.05) is 35.5 Å². The predicted octanol–water partition coefficient (Wildman–Crippen LogP) is -0.0246. The number of aromatic nitrogens is 4. The molecule has 3 atom stereocenters. The number of hydrogen-bond acceptors (Lipinski definition) is 10.